The zero-order valence-electron chi connectivity index (χ0n) is 9.77. The Morgan fingerprint density at radius 2 is 1.56 bits per heavy atom. The van der Waals surface area contributed by atoms with Gasteiger partial charge in [-0.05, 0) is 38.8 Å². The number of hydrogen-bond donors (Lipinski definition) is 5. The molecule has 16 heavy (non-hydrogen) atoms. The van der Waals surface area contributed by atoms with Crippen molar-refractivity contribution in [3.8, 4) is 0 Å². The lowest BCUT2D eigenvalue weighted by molar-refractivity contribution is -0.138. The third kappa shape index (κ3) is 15.8. The Balaban J connectivity index is 0. The molecule has 0 fully saturated rings. The molecule has 0 aromatic heterocycles. The Bertz CT molecular complexity index is 152. The van der Waals surface area contributed by atoms with Crippen LogP contribution < -0.4 is 17.2 Å². The summed E-state index contributed by atoms with van der Waals surface area (Å²) in [6.07, 6.45) is 3.95. The van der Waals surface area contributed by atoms with Gasteiger partial charge in [-0.3, -0.25) is 4.79 Å². The average Bonchev–Trinajstić information content (AvgIpc) is 2.27. The van der Waals surface area contributed by atoms with Gasteiger partial charge in [0.05, 0.1) is 0 Å². The predicted octanol–water partition coefficient (Wildman–Crippen LogP) is -0.755. The molecule has 0 aromatic carbocycles. The molecule has 0 amide bonds. The van der Waals surface area contributed by atoms with Crippen LogP contribution in [-0.2, 0) is 4.79 Å². The number of nitrogens with two attached hydrogens (primary N) is 3. The van der Waals surface area contributed by atoms with Crippen molar-refractivity contribution in [3.05, 3.63) is 0 Å². The van der Waals surface area contributed by atoms with Crippen molar-refractivity contribution < 1.29 is 15.0 Å². The van der Waals surface area contributed by atoms with Crippen molar-refractivity contribution in [1.82, 2.24) is 0 Å². The molecule has 0 bridgehead atoms. The Kier molecular flexibility index (Phi) is 15.8. The molecular formula is C10H25N3O3. The molecule has 8 N–H and O–H groups in total. The molecule has 1 atom stereocenters. The number of carbonyl (C=O) groups is 1. The summed E-state index contributed by atoms with van der Waals surface area (Å²) < 4.78 is 0. The summed E-state index contributed by atoms with van der Waals surface area (Å²) in [4.78, 5) is 10.1. The standard InChI is InChI=1S/C6H14N2O2.C4H11NO/c7-4-2-1-3-5(8)6(9)10;5-3-1-2-4-6/h5H,1-4,7-8H2,(H,9,10);6H,1-5H2. The molecule has 0 saturated carbocycles. The maximum atomic E-state index is 10.1. The summed E-state index contributed by atoms with van der Waals surface area (Å²) in [6, 6.07) is -0.716. The lowest BCUT2D eigenvalue weighted by Crippen LogP contribution is -2.29. The van der Waals surface area contributed by atoms with Crippen molar-refractivity contribution in [2.75, 3.05) is 19.7 Å². The summed E-state index contributed by atoms with van der Waals surface area (Å²) in [5, 5.41) is 16.5. The Morgan fingerprint density at radius 3 is 1.88 bits per heavy atom. The smallest absolute Gasteiger partial charge is 0.320 e. The fourth-order valence-electron chi connectivity index (χ4n) is 0.888. The number of unbranched alkanes of at least 4 members (excludes halogenated alkanes) is 2. The van der Waals surface area contributed by atoms with E-state index in [0.717, 1.165) is 25.7 Å². The molecule has 1 unspecified atom stereocenters. The number of rotatable bonds is 8. The highest BCUT2D eigenvalue weighted by Crippen LogP contribution is 1.96. The second kappa shape index (κ2) is 14.3. The monoisotopic (exact) mass is 235 g/mol. The van der Waals surface area contributed by atoms with Crippen LogP contribution in [0, 0.1) is 0 Å². The zero-order valence-corrected chi connectivity index (χ0v) is 9.77. The fourth-order valence-corrected chi connectivity index (χ4v) is 0.888. The molecule has 0 heterocycles. The van der Waals surface area contributed by atoms with E-state index < -0.39 is 12.0 Å². The van der Waals surface area contributed by atoms with E-state index in [1.165, 1.54) is 0 Å². The minimum atomic E-state index is -0.933. The van der Waals surface area contributed by atoms with Crippen LogP contribution in [0.1, 0.15) is 32.1 Å². The van der Waals surface area contributed by atoms with Gasteiger partial charge in [-0.2, -0.15) is 0 Å². The van der Waals surface area contributed by atoms with E-state index in [1.54, 1.807) is 0 Å². The molecule has 0 rings (SSSR count). The van der Waals surface area contributed by atoms with Gasteiger partial charge in [-0.25, -0.2) is 0 Å². The van der Waals surface area contributed by atoms with Crippen molar-refractivity contribution in [2.45, 2.75) is 38.1 Å². The third-order valence-electron chi connectivity index (χ3n) is 1.90. The summed E-state index contributed by atoms with van der Waals surface area (Å²) in [7, 11) is 0. The van der Waals surface area contributed by atoms with Gasteiger partial charge in [0.1, 0.15) is 6.04 Å². The first-order valence-corrected chi connectivity index (χ1v) is 5.59. The average molecular weight is 235 g/mol. The highest BCUT2D eigenvalue weighted by atomic mass is 16.4. The first kappa shape index (κ1) is 17.7. The number of aliphatic carboxylic acids is 1. The van der Waals surface area contributed by atoms with Gasteiger partial charge in [-0.1, -0.05) is 6.42 Å². The van der Waals surface area contributed by atoms with Crippen LogP contribution in [-0.4, -0.2) is 41.9 Å². The molecule has 0 radical (unpaired) electrons. The van der Waals surface area contributed by atoms with Gasteiger partial charge in [-0.15, -0.1) is 0 Å². The van der Waals surface area contributed by atoms with Crippen LogP contribution in [0.15, 0.2) is 0 Å². The first-order valence-electron chi connectivity index (χ1n) is 5.59. The van der Waals surface area contributed by atoms with Gasteiger partial charge >= 0.3 is 5.97 Å². The zero-order chi connectivity index (χ0) is 12.8. The molecule has 0 aliphatic carbocycles. The van der Waals surface area contributed by atoms with Crippen molar-refractivity contribution in [2.24, 2.45) is 17.2 Å². The van der Waals surface area contributed by atoms with E-state index in [4.69, 9.17) is 27.4 Å². The van der Waals surface area contributed by atoms with E-state index in [0.29, 0.717) is 19.5 Å². The van der Waals surface area contributed by atoms with E-state index in [9.17, 15) is 4.79 Å². The molecular weight excluding hydrogens is 210 g/mol. The van der Waals surface area contributed by atoms with Gasteiger partial charge in [0.2, 0.25) is 0 Å². The van der Waals surface area contributed by atoms with Crippen molar-refractivity contribution in [1.29, 1.82) is 0 Å². The van der Waals surface area contributed by atoms with E-state index in [-0.39, 0.29) is 6.61 Å². The second-order valence-corrected chi connectivity index (χ2v) is 3.45. The van der Waals surface area contributed by atoms with Gasteiger partial charge in [0.15, 0.2) is 0 Å². The van der Waals surface area contributed by atoms with Crippen molar-refractivity contribution >= 4 is 5.97 Å². The number of aliphatic hydroxyl groups excluding tert-OH is 1. The van der Waals surface area contributed by atoms with Crippen LogP contribution in [0.5, 0.6) is 0 Å². The van der Waals surface area contributed by atoms with E-state index >= 15 is 0 Å². The number of carboxylic acid groups (broad SMARTS) is 1. The van der Waals surface area contributed by atoms with Gasteiger partial charge in [0.25, 0.3) is 0 Å². The lowest BCUT2D eigenvalue weighted by Gasteiger charge is -2.03. The quantitative estimate of drug-likeness (QED) is 0.351. The minimum Gasteiger partial charge on any atom is -0.480 e. The van der Waals surface area contributed by atoms with Crippen molar-refractivity contribution in [3.63, 3.8) is 0 Å². The second-order valence-electron chi connectivity index (χ2n) is 3.45. The highest BCUT2D eigenvalue weighted by Gasteiger charge is 2.09. The topological polar surface area (TPSA) is 136 Å². The summed E-state index contributed by atoms with van der Waals surface area (Å²) in [6.45, 7) is 1.57. The van der Waals surface area contributed by atoms with Gasteiger partial charge < -0.3 is 27.4 Å². The first-order chi connectivity index (χ1) is 7.59. The SMILES string of the molecule is NCCCCC(N)C(=O)O.NCCCCO. The van der Waals surface area contributed by atoms with Crippen LogP contribution in [0.25, 0.3) is 0 Å². The maximum absolute atomic E-state index is 10.1. The fraction of sp³-hybridized carbons (Fsp3) is 0.900. The molecule has 98 valence electrons. The van der Waals surface area contributed by atoms with Crippen LogP contribution in [0.3, 0.4) is 0 Å². The predicted molar refractivity (Wildman–Crippen MR) is 63.9 cm³/mol. The Labute approximate surface area is 96.8 Å². The Morgan fingerprint density at radius 1 is 1.06 bits per heavy atom. The summed E-state index contributed by atoms with van der Waals surface area (Å²) in [5.41, 5.74) is 15.5. The lowest BCUT2D eigenvalue weighted by atomic mass is 10.1. The van der Waals surface area contributed by atoms with Crippen LogP contribution >= 0.6 is 0 Å². The van der Waals surface area contributed by atoms with Crippen LogP contribution in [0.4, 0.5) is 0 Å². The minimum absolute atomic E-state index is 0.275. The molecule has 6 heteroatoms. The summed E-state index contributed by atoms with van der Waals surface area (Å²) in [5.74, 6) is -0.933. The summed E-state index contributed by atoms with van der Waals surface area (Å²) >= 11 is 0. The van der Waals surface area contributed by atoms with Gasteiger partial charge in [0, 0.05) is 6.61 Å². The molecule has 0 aliphatic rings. The largest absolute Gasteiger partial charge is 0.480 e. The normalized spacial score (nSPS) is 11.5. The number of aliphatic hydroxyl groups is 1. The third-order valence-corrected chi connectivity index (χ3v) is 1.90. The van der Waals surface area contributed by atoms with E-state index in [2.05, 4.69) is 0 Å². The molecule has 0 saturated heterocycles. The van der Waals surface area contributed by atoms with E-state index in [1.807, 2.05) is 0 Å². The molecule has 6 nitrogen and oxygen atoms in total. The van der Waals surface area contributed by atoms with Crippen LogP contribution in [0.2, 0.25) is 0 Å². The molecule has 0 spiro atoms. The highest BCUT2D eigenvalue weighted by molar-refractivity contribution is 5.72. The Hall–Kier alpha value is -0.690. The maximum Gasteiger partial charge on any atom is 0.320 e. The number of carboxylic acids is 1. The number of hydrogen-bond acceptors (Lipinski definition) is 5. The molecule has 0 aromatic rings. The molecule has 0 aliphatic heterocycles.